The molecule has 4 nitrogen and oxygen atoms in total. The van der Waals surface area contributed by atoms with Crippen LogP contribution >= 0.6 is 0 Å². The van der Waals surface area contributed by atoms with Crippen LogP contribution in [0.5, 0.6) is 0 Å². The minimum Gasteiger partial charge on any atom is -0.329 e. The summed E-state index contributed by atoms with van der Waals surface area (Å²) >= 11 is 0. The van der Waals surface area contributed by atoms with Crippen molar-refractivity contribution in [3.63, 3.8) is 0 Å². The van der Waals surface area contributed by atoms with Crippen molar-refractivity contribution in [3.05, 3.63) is 30.1 Å². The average Bonchev–Trinajstić information content (AvgIpc) is 2.38. The van der Waals surface area contributed by atoms with Gasteiger partial charge in [0.2, 0.25) is 10.0 Å². The number of sulfonamides is 1. The third kappa shape index (κ3) is 2.80. The van der Waals surface area contributed by atoms with Crippen molar-refractivity contribution in [2.24, 2.45) is 11.7 Å². The van der Waals surface area contributed by atoms with Crippen LogP contribution < -0.4 is 5.73 Å². The fraction of sp³-hybridized carbons (Fsp3) is 0.538. The molecule has 0 aromatic heterocycles. The number of hydrogen-bond donors (Lipinski definition) is 1. The quantitative estimate of drug-likeness (QED) is 0.917. The Kier molecular flexibility index (Phi) is 4.23. The number of hydrogen-bond acceptors (Lipinski definition) is 3. The van der Waals surface area contributed by atoms with Crippen molar-refractivity contribution >= 4 is 10.0 Å². The van der Waals surface area contributed by atoms with E-state index in [1.165, 1.54) is 22.5 Å². The molecule has 2 N–H and O–H groups in total. The Morgan fingerprint density at radius 1 is 1.47 bits per heavy atom. The zero-order chi connectivity index (χ0) is 14.0. The molecule has 0 radical (unpaired) electrons. The van der Waals surface area contributed by atoms with Gasteiger partial charge < -0.3 is 5.73 Å². The van der Waals surface area contributed by atoms with E-state index in [1.54, 1.807) is 0 Å². The minimum atomic E-state index is -3.67. The summed E-state index contributed by atoms with van der Waals surface area (Å²) in [6.07, 6.45) is 1.78. The third-order valence-corrected chi connectivity index (χ3v) is 5.63. The van der Waals surface area contributed by atoms with Crippen LogP contribution in [-0.2, 0) is 10.0 Å². The van der Waals surface area contributed by atoms with Crippen molar-refractivity contribution in [2.75, 3.05) is 13.1 Å². The van der Waals surface area contributed by atoms with Gasteiger partial charge in [0, 0.05) is 19.1 Å². The molecule has 1 aliphatic heterocycles. The van der Waals surface area contributed by atoms with Gasteiger partial charge in [-0.1, -0.05) is 13.0 Å². The largest absolute Gasteiger partial charge is 0.329 e. The Morgan fingerprint density at radius 2 is 2.21 bits per heavy atom. The summed E-state index contributed by atoms with van der Waals surface area (Å²) in [5.41, 5.74) is 5.71. The van der Waals surface area contributed by atoms with Crippen molar-refractivity contribution < 1.29 is 12.8 Å². The van der Waals surface area contributed by atoms with E-state index in [4.69, 9.17) is 5.73 Å². The normalized spacial score (nSPS) is 25.4. The molecule has 0 amide bonds. The number of nitrogens with zero attached hydrogens (tertiary/aromatic N) is 1. The van der Waals surface area contributed by atoms with E-state index >= 15 is 0 Å². The van der Waals surface area contributed by atoms with Crippen LogP contribution in [0.15, 0.2) is 29.2 Å². The highest BCUT2D eigenvalue weighted by molar-refractivity contribution is 7.89. The maximum atomic E-state index is 13.2. The van der Waals surface area contributed by atoms with Crippen molar-refractivity contribution in [1.82, 2.24) is 4.31 Å². The van der Waals surface area contributed by atoms with Gasteiger partial charge in [0.05, 0.1) is 4.90 Å². The predicted octanol–water partition coefficient (Wildman–Crippen LogP) is 1.57. The maximum absolute atomic E-state index is 13.2. The summed E-state index contributed by atoms with van der Waals surface area (Å²) < 4.78 is 39.8. The highest BCUT2D eigenvalue weighted by atomic mass is 32.2. The van der Waals surface area contributed by atoms with Crippen LogP contribution in [0.25, 0.3) is 0 Å². The van der Waals surface area contributed by atoms with Crippen molar-refractivity contribution in [2.45, 2.75) is 30.7 Å². The summed E-state index contributed by atoms with van der Waals surface area (Å²) in [4.78, 5) is 0.0000463. The average molecular weight is 286 g/mol. The maximum Gasteiger partial charge on any atom is 0.243 e. The Balaban J connectivity index is 2.38. The first-order chi connectivity index (χ1) is 8.96. The lowest BCUT2D eigenvalue weighted by molar-refractivity contribution is 0.192. The van der Waals surface area contributed by atoms with E-state index in [9.17, 15) is 12.8 Å². The van der Waals surface area contributed by atoms with Gasteiger partial charge in [-0.05, 0) is 37.0 Å². The molecule has 1 heterocycles. The lowest BCUT2D eigenvalue weighted by Gasteiger charge is -2.38. The summed E-state index contributed by atoms with van der Waals surface area (Å²) in [6.45, 7) is 2.74. The molecule has 0 aliphatic carbocycles. The molecule has 6 heteroatoms. The van der Waals surface area contributed by atoms with Crippen molar-refractivity contribution in [1.29, 1.82) is 0 Å². The summed E-state index contributed by atoms with van der Waals surface area (Å²) in [5, 5.41) is 0. The van der Waals surface area contributed by atoms with E-state index in [-0.39, 0.29) is 23.4 Å². The molecule has 2 rings (SSSR count). The van der Waals surface area contributed by atoms with E-state index < -0.39 is 15.8 Å². The fourth-order valence-corrected chi connectivity index (χ4v) is 4.42. The van der Waals surface area contributed by atoms with Gasteiger partial charge in [-0.15, -0.1) is 0 Å². The first kappa shape index (κ1) is 14.4. The first-order valence-corrected chi connectivity index (χ1v) is 7.88. The molecule has 0 bridgehead atoms. The second kappa shape index (κ2) is 5.56. The SMILES string of the molecule is CC1CCCN(S(=O)(=O)c2cccc(F)c2)C1CN. The van der Waals surface area contributed by atoms with Crippen LogP contribution in [-0.4, -0.2) is 31.9 Å². The van der Waals surface area contributed by atoms with Crippen LogP contribution in [0, 0.1) is 11.7 Å². The van der Waals surface area contributed by atoms with E-state index in [0.717, 1.165) is 18.9 Å². The molecule has 2 atom stereocenters. The van der Waals surface area contributed by atoms with E-state index in [1.807, 2.05) is 6.92 Å². The van der Waals surface area contributed by atoms with Gasteiger partial charge >= 0.3 is 0 Å². The first-order valence-electron chi connectivity index (χ1n) is 6.44. The van der Waals surface area contributed by atoms with Gasteiger partial charge in [0.15, 0.2) is 0 Å². The second-order valence-electron chi connectivity index (χ2n) is 5.00. The number of rotatable bonds is 3. The molecule has 1 saturated heterocycles. The lowest BCUT2D eigenvalue weighted by Crippen LogP contribution is -2.51. The molecule has 1 fully saturated rings. The molecule has 1 aliphatic rings. The van der Waals surface area contributed by atoms with Crippen LogP contribution in [0.2, 0.25) is 0 Å². The minimum absolute atomic E-state index is 0.0000463. The van der Waals surface area contributed by atoms with Crippen molar-refractivity contribution in [3.8, 4) is 0 Å². The Bertz CT molecular complexity index is 547. The predicted molar refractivity (Wildman–Crippen MR) is 71.5 cm³/mol. The number of halogens is 1. The molecule has 1 aromatic carbocycles. The molecule has 1 aromatic rings. The summed E-state index contributed by atoms with van der Waals surface area (Å²) in [7, 11) is -3.67. The highest BCUT2D eigenvalue weighted by Gasteiger charge is 2.36. The number of nitrogens with two attached hydrogens (primary N) is 1. The molecule has 106 valence electrons. The van der Waals surface area contributed by atoms with Gasteiger partial charge in [-0.3, -0.25) is 0 Å². The Morgan fingerprint density at radius 3 is 2.84 bits per heavy atom. The summed E-state index contributed by atoms with van der Waals surface area (Å²) in [6, 6.07) is 4.92. The fourth-order valence-electron chi connectivity index (χ4n) is 2.62. The lowest BCUT2D eigenvalue weighted by atomic mass is 9.93. The zero-order valence-corrected chi connectivity index (χ0v) is 11.7. The summed E-state index contributed by atoms with van der Waals surface area (Å²) in [5.74, 6) is -0.322. The second-order valence-corrected chi connectivity index (χ2v) is 6.89. The van der Waals surface area contributed by atoms with E-state index in [0.29, 0.717) is 6.54 Å². The monoisotopic (exact) mass is 286 g/mol. The standard InChI is InChI=1S/C13H19FN2O2S/c1-10-4-3-7-16(13(10)9-15)19(17,18)12-6-2-5-11(14)8-12/h2,5-6,8,10,13H,3-4,7,9,15H2,1H3. The smallest absolute Gasteiger partial charge is 0.243 e. The molecule has 0 spiro atoms. The van der Waals surface area contributed by atoms with E-state index in [2.05, 4.69) is 0 Å². The molecule has 2 unspecified atom stereocenters. The van der Waals surface area contributed by atoms with Crippen LogP contribution in [0.1, 0.15) is 19.8 Å². The zero-order valence-electron chi connectivity index (χ0n) is 10.9. The third-order valence-electron chi connectivity index (χ3n) is 3.71. The molecule has 0 saturated carbocycles. The highest BCUT2D eigenvalue weighted by Crippen LogP contribution is 2.28. The molecular formula is C13H19FN2O2S. The molecule has 19 heavy (non-hydrogen) atoms. The number of piperidine rings is 1. The van der Waals surface area contributed by atoms with Gasteiger partial charge in [-0.2, -0.15) is 4.31 Å². The number of benzene rings is 1. The van der Waals surface area contributed by atoms with Gasteiger partial charge in [-0.25, -0.2) is 12.8 Å². The van der Waals surface area contributed by atoms with Crippen LogP contribution in [0.3, 0.4) is 0 Å². The van der Waals surface area contributed by atoms with Crippen LogP contribution in [0.4, 0.5) is 4.39 Å². The Hall–Kier alpha value is -0.980. The van der Waals surface area contributed by atoms with Gasteiger partial charge in [0.1, 0.15) is 5.82 Å². The van der Waals surface area contributed by atoms with Gasteiger partial charge in [0.25, 0.3) is 0 Å². The Labute approximate surface area is 113 Å². The topological polar surface area (TPSA) is 63.4 Å². The molecular weight excluding hydrogens is 267 g/mol.